The number of amides is 1. The van der Waals surface area contributed by atoms with Gasteiger partial charge in [-0.05, 0) is 38.3 Å². The second-order valence-electron chi connectivity index (χ2n) is 7.25. The Morgan fingerprint density at radius 3 is 2.71 bits per heavy atom. The quantitative estimate of drug-likeness (QED) is 0.781. The van der Waals surface area contributed by atoms with Gasteiger partial charge in [0.25, 0.3) is 0 Å². The summed E-state index contributed by atoms with van der Waals surface area (Å²) in [4.78, 5) is 25.6. The number of hydrogen-bond acceptors (Lipinski definition) is 4. The second-order valence-corrected chi connectivity index (χ2v) is 7.25. The fourth-order valence-electron chi connectivity index (χ4n) is 3.29. The van der Waals surface area contributed by atoms with Gasteiger partial charge in [0, 0.05) is 5.56 Å². The lowest BCUT2D eigenvalue weighted by Crippen LogP contribution is -2.57. The monoisotopic (exact) mass is 329 g/mol. The molecule has 5 heteroatoms. The lowest BCUT2D eigenvalue weighted by Gasteiger charge is -2.44. The van der Waals surface area contributed by atoms with Crippen molar-refractivity contribution in [3.05, 3.63) is 41.5 Å². The third-order valence-corrected chi connectivity index (χ3v) is 4.24. The molecular formula is C19H23NO4. The minimum absolute atomic E-state index is 0.0710. The molecule has 1 fully saturated rings. The van der Waals surface area contributed by atoms with Crippen LogP contribution in [0.5, 0.6) is 0 Å². The summed E-state index contributed by atoms with van der Waals surface area (Å²) in [6.45, 7) is 6.52. The molecule has 1 saturated heterocycles. The first-order chi connectivity index (χ1) is 11.4. The van der Waals surface area contributed by atoms with E-state index in [4.69, 9.17) is 9.47 Å². The average molecular weight is 329 g/mol. The van der Waals surface area contributed by atoms with Gasteiger partial charge < -0.3 is 9.47 Å². The van der Waals surface area contributed by atoms with Crippen molar-refractivity contribution in [1.82, 2.24) is 4.90 Å². The van der Waals surface area contributed by atoms with Gasteiger partial charge in [-0.15, -0.1) is 0 Å². The third-order valence-electron chi connectivity index (χ3n) is 4.24. The Bertz CT molecular complexity index is 674. The van der Waals surface area contributed by atoms with E-state index < -0.39 is 5.60 Å². The van der Waals surface area contributed by atoms with Crippen LogP contribution in [0.25, 0.3) is 5.57 Å². The molecule has 2 aliphatic heterocycles. The van der Waals surface area contributed by atoms with Crippen LogP contribution in [0.15, 0.2) is 30.3 Å². The van der Waals surface area contributed by atoms with Crippen molar-refractivity contribution < 1.29 is 19.1 Å². The molecule has 2 heterocycles. The largest absolute Gasteiger partial charge is 0.444 e. The Hall–Kier alpha value is -2.14. The molecule has 0 radical (unpaired) electrons. The number of rotatable bonds is 2. The summed E-state index contributed by atoms with van der Waals surface area (Å²) in [5.41, 5.74) is 2.18. The van der Waals surface area contributed by atoms with E-state index in [2.05, 4.69) is 0 Å². The molecule has 1 amide bonds. The molecule has 2 aliphatic rings. The van der Waals surface area contributed by atoms with Crippen molar-refractivity contribution in [2.24, 2.45) is 0 Å². The molecule has 0 aromatic heterocycles. The summed E-state index contributed by atoms with van der Waals surface area (Å²) >= 11 is 0. The lowest BCUT2D eigenvalue weighted by molar-refractivity contribution is -0.0510. The van der Waals surface area contributed by atoms with Crippen molar-refractivity contribution in [1.29, 1.82) is 0 Å². The Balaban J connectivity index is 1.90. The minimum Gasteiger partial charge on any atom is -0.444 e. The van der Waals surface area contributed by atoms with Crippen molar-refractivity contribution in [2.45, 2.75) is 44.9 Å². The number of aldehydes is 1. The number of nitrogens with zero attached hydrogens (tertiary/aromatic N) is 1. The summed E-state index contributed by atoms with van der Waals surface area (Å²) in [5.74, 6) is 0. The van der Waals surface area contributed by atoms with Crippen LogP contribution in [-0.4, -0.2) is 48.2 Å². The molecule has 2 atom stereocenters. The molecule has 0 spiro atoms. The number of hydrogen-bond donors (Lipinski definition) is 0. The maximum Gasteiger partial charge on any atom is 0.411 e. The van der Waals surface area contributed by atoms with E-state index in [0.717, 1.165) is 17.4 Å². The van der Waals surface area contributed by atoms with Gasteiger partial charge in [0.2, 0.25) is 0 Å². The van der Waals surface area contributed by atoms with E-state index in [9.17, 15) is 9.59 Å². The summed E-state index contributed by atoms with van der Waals surface area (Å²) in [6.07, 6.45) is 3.25. The zero-order chi connectivity index (χ0) is 17.3. The number of fused-ring (bicyclic) bond motifs is 2. The standard InChI is InChI=1S/C19H23NO4/c1-19(2,3)24-18(22)20-15-8-14(9-16(20)12-23-11-15)17-7-5-4-6-13(17)10-21/h4-8,10,15-16H,9,11-12H2,1-3H3. The van der Waals surface area contributed by atoms with E-state index in [-0.39, 0.29) is 18.2 Å². The molecular weight excluding hydrogens is 306 g/mol. The maximum atomic E-state index is 12.6. The fraction of sp³-hybridized carbons (Fsp3) is 0.474. The van der Waals surface area contributed by atoms with Gasteiger partial charge in [0.1, 0.15) is 5.60 Å². The van der Waals surface area contributed by atoms with Crippen molar-refractivity contribution in [3.8, 4) is 0 Å². The molecule has 128 valence electrons. The molecule has 0 aliphatic carbocycles. The SMILES string of the molecule is CC(C)(C)OC(=O)N1C2C=C(c3ccccc3C=O)CC1COC2. The predicted octanol–water partition coefficient (Wildman–Crippen LogP) is 3.29. The van der Waals surface area contributed by atoms with Crippen LogP contribution in [0.1, 0.15) is 43.1 Å². The maximum absolute atomic E-state index is 12.6. The van der Waals surface area contributed by atoms with E-state index in [1.165, 1.54) is 0 Å². The highest BCUT2D eigenvalue weighted by Gasteiger charge is 2.40. The zero-order valence-electron chi connectivity index (χ0n) is 14.3. The molecule has 24 heavy (non-hydrogen) atoms. The van der Waals surface area contributed by atoms with Crippen LogP contribution >= 0.6 is 0 Å². The number of carbonyl (C=O) groups excluding carboxylic acids is 2. The van der Waals surface area contributed by atoms with E-state index in [1.807, 2.05) is 51.1 Å². The predicted molar refractivity (Wildman–Crippen MR) is 90.9 cm³/mol. The highest BCUT2D eigenvalue weighted by Crippen LogP contribution is 2.34. The minimum atomic E-state index is -0.527. The normalized spacial score (nSPS) is 23.5. The molecule has 5 nitrogen and oxygen atoms in total. The summed E-state index contributed by atoms with van der Waals surface area (Å²) in [5, 5.41) is 0. The number of benzene rings is 1. The molecule has 3 rings (SSSR count). The summed E-state index contributed by atoms with van der Waals surface area (Å²) < 4.78 is 11.2. The van der Waals surface area contributed by atoms with E-state index in [1.54, 1.807) is 4.90 Å². The van der Waals surface area contributed by atoms with Crippen molar-refractivity contribution in [2.75, 3.05) is 13.2 Å². The lowest BCUT2D eigenvalue weighted by atomic mass is 9.88. The highest BCUT2D eigenvalue weighted by atomic mass is 16.6. The van der Waals surface area contributed by atoms with Crippen molar-refractivity contribution >= 4 is 18.0 Å². The Morgan fingerprint density at radius 1 is 1.29 bits per heavy atom. The van der Waals surface area contributed by atoms with Gasteiger partial charge in [-0.2, -0.15) is 0 Å². The van der Waals surface area contributed by atoms with Gasteiger partial charge >= 0.3 is 6.09 Å². The zero-order valence-corrected chi connectivity index (χ0v) is 14.3. The Morgan fingerprint density at radius 2 is 2.04 bits per heavy atom. The number of morpholine rings is 1. The molecule has 0 N–H and O–H groups in total. The summed E-state index contributed by atoms with van der Waals surface area (Å²) in [7, 11) is 0. The van der Waals surface area contributed by atoms with Crippen molar-refractivity contribution in [3.63, 3.8) is 0 Å². The first kappa shape index (κ1) is 16.7. The molecule has 1 aromatic rings. The first-order valence-electron chi connectivity index (χ1n) is 8.23. The van der Waals surface area contributed by atoms with Crippen LogP contribution in [0.4, 0.5) is 4.79 Å². The van der Waals surface area contributed by atoms with Crippen LogP contribution in [0, 0.1) is 0 Å². The molecule has 2 bridgehead atoms. The molecule has 0 saturated carbocycles. The van der Waals surface area contributed by atoms with Gasteiger partial charge in [-0.3, -0.25) is 9.69 Å². The van der Waals surface area contributed by atoms with Gasteiger partial charge in [-0.1, -0.05) is 30.3 Å². The molecule has 2 unspecified atom stereocenters. The third kappa shape index (κ3) is 3.36. The van der Waals surface area contributed by atoms with E-state index in [0.29, 0.717) is 25.2 Å². The van der Waals surface area contributed by atoms with Gasteiger partial charge in [-0.25, -0.2) is 4.79 Å². The van der Waals surface area contributed by atoms with Crippen LogP contribution in [-0.2, 0) is 9.47 Å². The number of carbonyl (C=O) groups is 2. The summed E-state index contributed by atoms with van der Waals surface area (Å²) in [6, 6.07) is 7.31. The van der Waals surface area contributed by atoms with Crippen LogP contribution in [0.2, 0.25) is 0 Å². The smallest absolute Gasteiger partial charge is 0.411 e. The average Bonchev–Trinajstić information content (AvgIpc) is 2.52. The highest BCUT2D eigenvalue weighted by molar-refractivity contribution is 5.86. The van der Waals surface area contributed by atoms with Crippen LogP contribution < -0.4 is 0 Å². The van der Waals surface area contributed by atoms with Crippen LogP contribution in [0.3, 0.4) is 0 Å². The van der Waals surface area contributed by atoms with Gasteiger partial charge in [0.05, 0.1) is 25.3 Å². The molecule has 1 aromatic carbocycles. The van der Waals surface area contributed by atoms with Gasteiger partial charge in [0.15, 0.2) is 6.29 Å². The van der Waals surface area contributed by atoms with E-state index >= 15 is 0 Å². The number of ether oxygens (including phenoxy) is 2. The topological polar surface area (TPSA) is 55.8 Å². The first-order valence-corrected chi connectivity index (χ1v) is 8.23. The fourth-order valence-corrected chi connectivity index (χ4v) is 3.29. The Labute approximate surface area is 142 Å². The Kier molecular flexibility index (Phi) is 4.45. The second kappa shape index (κ2) is 6.40.